The van der Waals surface area contributed by atoms with E-state index < -0.39 is 0 Å². The molecule has 0 bridgehead atoms. The summed E-state index contributed by atoms with van der Waals surface area (Å²) in [5.41, 5.74) is 7.44. The monoisotopic (exact) mass is 264 g/mol. The molecule has 94 valence electrons. The maximum atomic E-state index is 8.82. The van der Waals surface area contributed by atoms with Crippen molar-refractivity contribution in [1.29, 1.82) is 0 Å². The van der Waals surface area contributed by atoms with E-state index in [1.807, 2.05) is 24.3 Å². The van der Waals surface area contributed by atoms with Gasteiger partial charge in [-0.1, -0.05) is 23.7 Å². The number of nitrogens with two attached hydrogens (primary N) is 1. The Morgan fingerprint density at radius 2 is 1.94 bits per heavy atom. The number of nitrogens with zero attached hydrogens (tertiary/aromatic N) is 2. The first-order chi connectivity index (χ1) is 8.67. The zero-order valence-electron chi connectivity index (χ0n) is 9.60. The van der Waals surface area contributed by atoms with Crippen LogP contribution in [0.4, 0.5) is 17.5 Å². The topological polar surface area (TPSA) is 84.1 Å². The van der Waals surface area contributed by atoms with Gasteiger partial charge in [0.05, 0.1) is 0 Å². The summed E-state index contributed by atoms with van der Waals surface area (Å²) >= 11 is 5.78. The molecule has 0 aliphatic carbocycles. The number of nitrogen functional groups attached to an aromatic ring is 1. The number of aliphatic hydroxyl groups excluding tert-OH is 1. The van der Waals surface area contributed by atoms with Gasteiger partial charge in [0.25, 0.3) is 0 Å². The maximum Gasteiger partial charge on any atom is 0.223 e. The summed E-state index contributed by atoms with van der Waals surface area (Å²) in [7, 11) is 0. The molecule has 6 heteroatoms. The van der Waals surface area contributed by atoms with E-state index >= 15 is 0 Å². The van der Waals surface area contributed by atoms with Crippen LogP contribution in [0.15, 0.2) is 30.3 Å². The Morgan fingerprint density at radius 3 is 2.56 bits per heavy atom. The molecular weight excluding hydrogens is 252 g/mol. The SMILES string of the molecule is Nc1nc(Cl)cc(Nc2ccc(CCO)cc2)n1. The van der Waals surface area contributed by atoms with Gasteiger partial charge >= 0.3 is 0 Å². The highest BCUT2D eigenvalue weighted by atomic mass is 35.5. The average molecular weight is 265 g/mol. The van der Waals surface area contributed by atoms with Gasteiger partial charge in [0, 0.05) is 18.4 Å². The molecule has 0 fully saturated rings. The van der Waals surface area contributed by atoms with Crippen LogP contribution in [-0.4, -0.2) is 21.7 Å². The zero-order chi connectivity index (χ0) is 13.0. The molecule has 0 saturated carbocycles. The standard InChI is InChI=1S/C12H13ClN4O/c13-10-7-11(17-12(14)16-10)15-9-3-1-8(2-4-9)5-6-18/h1-4,7,18H,5-6H2,(H3,14,15,16,17). The smallest absolute Gasteiger partial charge is 0.223 e. The van der Waals surface area contributed by atoms with Crippen LogP contribution in [-0.2, 0) is 6.42 Å². The van der Waals surface area contributed by atoms with E-state index in [4.69, 9.17) is 22.4 Å². The number of anilines is 3. The van der Waals surface area contributed by atoms with Gasteiger partial charge < -0.3 is 16.2 Å². The molecule has 0 aliphatic rings. The van der Waals surface area contributed by atoms with E-state index in [0.29, 0.717) is 17.4 Å². The normalized spacial score (nSPS) is 10.3. The number of aliphatic hydroxyl groups is 1. The molecule has 5 nitrogen and oxygen atoms in total. The summed E-state index contributed by atoms with van der Waals surface area (Å²) in [5.74, 6) is 0.671. The van der Waals surface area contributed by atoms with E-state index in [9.17, 15) is 0 Å². The fraction of sp³-hybridized carbons (Fsp3) is 0.167. The van der Waals surface area contributed by atoms with Crippen LogP contribution in [0, 0.1) is 0 Å². The summed E-state index contributed by atoms with van der Waals surface area (Å²) in [5, 5.41) is 12.2. The van der Waals surface area contributed by atoms with E-state index in [1.54, 1.807) is 6.07 Å². The van der Waals surface area contributed by atoms with E-state index in [1.165, 1.54) is 0 Å². The van der Waals surface area contributed by atoms with Gasteiger partial charge in [0.2, 0.25) is 5.95 Å². The molecule has 0 atom stereocenters. The zero-order valence-corrected chi connectivity index (χ0v) is 10.4. The van der Waals surface area contributed by atoms with Gasteiger partial charge in [0.15, 0.2) is 0 Å². The molecule has 0 amide bonds. The predicted molar refractivity (Wildman–Crippen MR) is 72.0 cm³/mol. The van der Waals surface area contributed by atoms with Crippen LogP contribution >= 0.6 is 11.6 Å². The van der Waals surface area contributed by atoms with Crippen molar-refractivity contribution in [2.45, 2.75) is 6.42 Å². The lowest BCUT2D eigenvalue weighted by Crippen LogP contribution is -2.00. The molecule has 0 aliphatic heterocycles. The van der Waals surface area contributed by atoms with Crippen molar-refractivity contribution in [2.24, 2.45) is 0 Å². The minimum Gasteiger partial charge on any atom is -0.396 e. The van der Waals surface area contributed by atoms with Gasteiger partial charge in [-0.3, -0.25) is 0 Å². The molecule has 0 saturated heterocycles. The van der Waals surface area contributed by atoms with Crippen LogP contribution in [0.2, 0.25) is 5.15 Å². The highest BCUT2D eigenvalue weighted by molar-refractivity contribution is 6.29. The Morgan fingerprint density at radius 1 is 1.22 bits per heavy atom. The van der Waals surface area contributed by atoms with Crippen LogP contribution < -0.4 is 11.1 Å². The molecule has 4 N–H and O–H groups in total. The van der Waals surface area contributed by atoms with E-state index in [2.05, 4.69) is 15.3 Å². The summed E-state index contributed by atoms with van der Waals surface area (Å²) in [4.78, 5) is 7.80. The van der Waals surface area contributed by atoms with Crippen molar-refractivity contribution in [1.82, 2.24) is 9.97 Å². The summed E-state index contributed by atoms with van der Waals surface area (Å²) in [6, 6.07) is 9.27. The van der Waals surface area contributed by atoms with Crippen LogP contribution in [0.25, 0.3) is 0 Å². The number of halogens is 1. The Balaban J connectivity index is 2.13. The van der Waals surface area contributed by atoms with Crippen LogP contribution in [0.5, 0.6) is 0 Å². The lowest BCUT2D eigenvalue weighted by atomic mass is 10.1. The Bertz CT molecular complexity index is 510. The van der Waals surface area contributed by atoms with Gasteiger partial charge in [-0.2, -0.15) is 4.98 Å². The number of benzene rings is 1. The van der Waals surface area contributed by atoms with Crippen molar-refractivity contribution >= 4 is 29.1 Å². The Labute approximate surface area is 110 Å². The minimum absolute atomic E-state index is 0.127. The molecule has 0 unspecified atom stereocenters. The molecule has 1 aromatic heterocycles. The van der Waals surface area contributed by atoms with Crippen LogP contribution in [0.1, 0.15) is 5.56 Å². The van der Waals surface area contributed by atoms with Crippen molar-refractivity contribution in [3.8, 4) is 0 Å². The second kappa shape index (κ2) is 5.66. The molecule has 2 aromatic rings. The summed E-state index contributed by atoms with van der Waals surface area (Å²) < 4.78 is 0. The largest absolute Gasteiger partial charge is 0.396 e. The van der Waals surface area contributed by atoms with Crippen molar-refractivity contribution < 1.29 is 5.11 Å². The molecule has 2 rings (SSSR count). The third kappa shape index (κ3) is 3.32. The quantitative estimate of drug-likeness (QED) is 0.736. The Hall–Kier alpha value is -1.85. The van der Waals surface area contributed by atoms with Crippen molar-refractivity contribution in [2.75, 3.05) is 17.7 Å². The first kappa shape index (κ1) is 12.6. The highest BCUT2D eigenvalue weighted by Gasteiger charge is 2.01. The maximum absolute atomic E-state index is 8.82. The molecular formula is C12H13ClN4O. The number of hydrogen-bond acceptors (Lipinski definition) is 5. The van der Waals surface area contributed by atoms with Gasteiger partial charge in [-0.15, -0.1) is 0 Å². The van der Waals surface area contributed by atoms with Crippen molar-refractivity contribution in [3.05, 3.63) is 41.0 Å². The molecule has 18 heavy (non-hydrogen) atoms. The van der Waals surface area contributed by atoms with Crippen LogP contribution in [0.3, 0.4) is 0 Å². The van der Waals surface area contributed by atoms with Crippen molar-refractivity contribution in [3.63, 3.8) is 0 Å². The minimum atomic E-state index is 0.127. The third-order valence-corrected chi connectivity index (χ3v) is 2.53. The first-order valence-corrected chi connectivity index (χ1v) is 5.82. The third-order valence-electron chi connectivity index (χ3n) is 2.34. The first-order valence-electron chi connectivity index (χ1n) is 5.44. The molecule has 0 radical (unpaired) electrons. The van der Waals surface area contributed by atoms with E-state index in [-0.39, 0.29) is 12.6 Å². The Kier molecular flexibility index (Phi) is 3.96. The second-order valence-electron chi connectivity index (χ2n) is 3.73. The predicted octanol–water partition coefficient (Wildman–Crippen LogP) is 1.99. The lowest BCUT2D eigenvalue weighted by Gasteiger charge is -2.07. The summed E-state index contributed by atoms with van der Waals surface area (Å²) in [6.07, 6.45) is 0.645. The van der Waals surface area contributed by atoms with Gasteiger partial charge in [-0.25, -0.2) is 4.98 Å². The molecule has 0 spiro atoms. The van der Waals surface area contributed by atoms with E-state index in [0.717, 1.165) is 11.3 Å². The second-order valence-corrected chi connectivity index (χ2v) is 4.12. The molecule has 1 aromatic carbocycles. The molecule has 1 heterocycles. The highest BCUT2D eigenvalue weighted by Crippen LogP contribution is 2.18. The fourth-order valence-electron chi connectivity index (χ4n) is 1.53. The average Bonchev–Trinajstić information content (AvgIpc) is 2.31. The van der Waals surface area contributed by atoms with Gasteiger partial charge in [0.1, 0.15) is 11.0 Å². The van der Waals surface area contributed by atoms with Gasteiger partial charge in [-0.05, 0) is 24.1 Å². The fourth-order valence-corrected chi connectivity index (χ4v) is 1.72. The lowest BCUT2D eigenvalue weighted by molar-refractivity contribution is 0.299. The number of aromatic nitrogens is 2. The number of nitrogens with one attached hydrogen (secondary N) is 1. The number of rotatable bonds is 4. The summed E-state index contributed by atoms with van der Waals surface area (Å²) in [6.45, 7) is 0.144. The number of hydrogen-bond donors (Lipinski definition) is 3.